The van der Waals surface area contributed by atoms with Gasteiger partial charge in [0.1, 0.15) is 12.4 Å². The molecule has 1 aromatic heterocycles. The quantitative estimate of drug-likeness (QED) is 0.574. The minimum absolute atomic E-state index is 0.0983. The second-order valence-electron chi connectivity index (χ2n) is 6.94. The van der Waals surface area contributed by atoms with E-state index < -0.39 is 6.04 Å². The lowest BCUT2D eigenvalue weighted by molar-refractivity contribution is -0.124. The Labute approximate surface area is 171 Å². The minimum Gasteiger partial charge on any atom is -0.350 e. The molecule has 1 atom stereocenters. The summed E-state index contributed by atoms with van der Waals surface area (Å²) in [6, 6.07) is 17.7. The lowest BCUT2D eigenvalue weighted by atomic mass is 10.0. The molecule has 0 aliphatic carbocycles. The van der Waals surface area contributed by atoms with Gasteiger partial charge < -0.3 is 5.32 Å². The number of carbonyl (C=O) groups is 1. The van der Waals surface area contributed by atoms with E-state index in [1.165, 1.54) is 16.6 Å². The highest BCUT2D eigenvalue weighted by Crippen LogP contribution is 2.15. The lowest BCUT2D eigenvalue weighted by Gasteiger charge is -2.21. The molecule has 7 nitrogen and oxygen atoms in total. The van der Waals surface area contributed by atoms with E-state index in [1.54, 1.807) is 0 Å². The molecule has 2 aromatic carbocycles. The van der Waals surface area contributed by atoms with Gasteiger partial charge in [0.05, 0.1) is 0 Å². The molecule has 1 N–H and O–H groups in total. The van der Waals surface area contributed by atoms with Gasteiger partial charge in [-0.05, 0) is 40.2 Å². The molecule has 3 rings (SSSR count). The number of aromatic nitrogens is 4. The molecule has 7 heteroatoms. The predicted molar refractivity (Wildman–Crippen MR) is 112 cm³/mol. The van der Waals surface area contributed by atoms with Gasteiger partial charge in [0, 0.05) is 19.5 Å². The third kappa shape index (κ3) is 5.71. The van der Waals surface area contributed by atoms with Crippen LogP contribution >= 0.6 is 0 Å². The number of hydrogen-bond donors (Lipinski definition) is 1. The lowest BCUT2D eigenvalue weighted by Crippen LogP contribution is -2.34. The third-order valence-corrected chi connectivity index (χ3v) is 5.12. The molecular weight excluding hydrogens is 364 g/mol. The molecule has 1 unspecified atom stereocenters. The zero-order chi connectivity index (χ0) is 20.5. The Kier molecular flexibility index (Phi) is 7.47. The summed E-state index contributed by atoms with van der Waals surface area (Å²) in [6.45, 7) is 7.66. The molecule has 0 aliphatic rings. The van der Waals surface area contributed by atoms with E-state index in [1.807, 2.05) is 42.5 Å². The van der Waals surface area contributed by atoms with Crippen LogP contribution < -0.4 is 5.32 Å². The van der Waals surface area contributed by atoms with Crippen LogP contribution in [0.3, 0.4) is 0 Å². The van der Waals surface area contributed by atoms with E-state index in [0.29, 0.717) is 13.0 Å². The van der Waals surface area contributed by atoms with Crippen molar-refractivity contribution in [3.05, 3.63) is 77.6 Å². The summed E-state index contributed by atoms with van der Waals surface area (Å²) in [5, 5.41) is 14.4. The number of carbonyl (C=O) groups excluding carboxylic acids is 1. The number of benzene rings is 2. The summed E-state index contributed by atoms with van der Waals surface area (Å²) in [5.41, 5.74) is 3.42. The summed E-state index contributed by atoms with van der Waals surface area (Å²) < 4.78 is 1.52. The van der Waals surface area contributed by atoms with Crippen LogP contribution in [-0.4, -0.2) is 44.1 Å². The second kappa shape index (κ2) is 10.5. The Morgan fingerprint density at radius 3 is 2.38 bits per heavy atom. The highest BCUT2D eigenvalue weighted by molar-refractivity contribution is 5.80. The first-order valence-corrected chi connectivity index (χ1v) is 10.0. The zero-order valence-electron chi connectivity index (χ0n) is 17.0. The molecule has 1 heterocycles. The molecule has 0 fully saturated rings. The predicted octanol–water partition coefficient (Wildman–Crippen LogP) is 2.62. The van der Waals surface area contributed by atoms with Crippen LogP contribution in [0.5, 0.6) is 0 Å². The SMILES string of the molecule is CCN(CC)Cc1ccccc1CNC(=O)C(Cc1ccccc1)n1cnnn1. The molecule has 0 aliphatic heterocycles. The summed E-state index contributed by atoms with van der Waals surface area (Å²) in [7, 11) is 0. The van der Waals surface area contributed by atoms with Crippen molar-refractivity contribution in [2.45, 2.75) is 39.4 Å². The van der Waals surface area contributed by atoms with E-state index in [9.17, 15) is 4.79 Å². The van der Waals surface area contributed by atoms with Gasteiger partial charge in [-0.1, -0.05) is 68.4 Å². The smallest absolute Gasteiger partial charge is 0.245 e. The van der Waals surface area contributed by atoms with Crippen LogP contribution in [0, 0.1) is 0 Å². The number of nitrogens with zero attached hydrogens (tertiary/aromatic N) is 5. The minimum atomic E-state index is -0.498. The molecule has 0 radical (unpaired) electrons. The molecular formula is C22H28N6O. The van der Waals surface area contributed by atoms with Crippen LogP contribution in [0.15, 0.2) is 60.9 Å². The van der Waals surface area contributed by atoms with Crippen molar-refractivity contribution < 1.29 is 4.79 Å². The van der Waals surface area contributed by atoms with Crippen molar-refractivity contribution in [2.75, 3.05) is 13.1 Å². The third-order valence-electron chi connectivity index (χ3n) is 5.12. The molecule has 0 bridgehead atoms. The summed E-state index contributed by atoms with van der Waals surface area (Å²) >= 11 is 0. The molecule has 3 aromatic rings. The maximum atomic E-state index is 13.0. The fourth-order valence-corrected chi connectivity index (χ4v) is 3.33. The number of amides is 1. The normalized spacial score (nSPS) is 12.1. The number of tetrazole rings is 1. The molecule has 29 heavy (non-hydrogen) atoms. The average molecular weight is 393 g/mol. The van der Waals surface area contributed by atoms with Crippen molar-refractivity contribution in [2.24, 2.45) is 0 Å². The molecule has 1 amide bonds. The summed E-state index contributed by atoms with van der Waals surface area (Å²) in [4.78, 5) is 15.4. The molecule has 0 saturated heterocycles. The number of nitrogens with one attached hydrogen (secondary N) is 1. The van der Waals surface area contributed by atoms with Crippen molar-refractivity contribution in [3.8, 4) is 0 Å². The van der Waals surface area contributed by atoms with Gasteiger partial charge in [0.25, 0.3) is 0 Å². The Morgan fingerprint density at radius 1 is 1.03 bits per heavy atom. The molecule has 152 valence electrons. The fourth-order valence-electron chi connectivity index (χ4n) is 3.33. The first kappa shape index (κ1) is 20.7. The Morgan fingerprint density at radius 2 is 1.72 bits per heavy atom. The fraction of sp³-hybridized carbons (Fsp3) is 0.364. The number of rotatable bonds is 10. The standard InChI is InChI=1S/C22H28N6O/c1-3-27(4-2)16-20-13-9-8-12-19(20)15-23-22(29)21(28-17-24-25-26-28)14-18-10-6-5-7-11-18/h5-13,17,21H,3-4,14-16H2,1-2H3,(H,23,29). The van der Waals surface area contributed by atoms with Crippen LogP contribution in [-0.2, 0) is 24.3 Å². The first-order chi connectivity index (χ1) is 14.2. The maximum absolute atomic E-state index is 13.0. The van der Waals surface area contributed by atoms with Crippen molar-refractivity contribution >= 4 is 5.91 Å². The van der Waals surface area contributed by atoms with Crippen LogP contribution in [0.1, 0.15) is 36.6 Å². The zero-order valence-corrected chi connectivity index (χ0v) is 17.0. The largest absolute Gasteiger partial charge is 0.350 e. The van der Waals surface area contributed by atoms with Crippen molar-refractivity contribution in [1.82, 2.24) is 30.4 Å². The van der Waals surface area contributed by atoms with Crippen LogP contribution in [0.2, 0.25) is 0 Å². The van der Waals surface area contributed by atoms with Gasteiger partial charge in [0.2, 0.25) is 5.91 Å². The average Bonchev–Trinajstić information content (AvgIpc) is 3.30. The van der Waals surface area contributed by atoms with Gasteiger partial charge >= 0.3 is 0 Å². The maximum Gasteiger partial charge on any atom is 0.245 e. The Bertz CT molecular complexity index is 877. The highest BCUT2D eigenvalue weighted by Gasteiger charge is 2.22. The van der Waals surface area contributed by atoms with Crippen molar-refractivity contribution in [3.63, 3.8) is 0 Å². The van der Waals surface area contributed by atoms with Crippen LogP contribution in [0.4, 0.5) is 0 Å². The van der Waals surface area contributed by atoms with Crippen molar-refractivity contribution in [1.29, 1.82) is 0 Å². The van der Waals surface area contributed by atoms with Crippen LogP contribution in [0.25, 0.3) is 0 Å². The first-order valence-electron chi connectivity index (χ1n) is 10.0. The van der Waals surface area contributed by atoms with Gasteiger partial charge in [0.15, 0.2) is 0 Å². The topological polar surface area (TPSA) is 75.9 Å². The van der Waals surface area contributed by atoms with E-state index in [0.717, 1.165) is 30.8 Å². The highest BCUT2D eigenvalue weighted by atomic mass is 16.2. The number of hydrogen-bond acceptors (Lipinski definition) is 5. The van der Waals surface area contributed by atoms with Gasteiger partial charge in [-0.2, -0.15) is 0 Å². The van der Waals surface area contributed by atoms with E-state index in [4.69, 9.17) is 0 Å². The molecule has 0 saturated carbocycles. The second-order valence-corrected chi connectivity index (χ2v) is 6.94. The summed E-state index contributed by atoms with van der Waals surface area (Å²) in [6.07, 6.45) is 2.01. The monoisotopic (exact) mass is 392 g/mol. The van der Waals surface area contributed by atoms with Gasteiger partial charge in [-0.3, -0.25) is 9.69 Å². The van der Waals surface area contributed by atoms with E-state index in [2.05, 4.69) is 51.7 Å². The van der Waals surface area contributed by atoms with Gasteiger partial charge in [-0.15, -0.1) is 5.10 Å². The Hall–Kier alpha value is -3.06. The van der Waals surface area contributed by atoms with E-state index >= 15 is 0 Å². The summed E-state index contributed by atoms with van der Waals surface area (Å²) in [5.74, 6) is -0.0983. The molecule has 0 spiro atoms. The van der Waals surface area contributed by atoms with E-state index in [-0.39, 0.29) is 5.91 Å². The Balaban J connectivity index is 1.71. The van der Waals surface area contributed by atoms with Gasteiger partial charge in [-0.25, -0.2) is 4.68 Å².